The minimum atomic E-state index is -0.948. The molecule has 0 aliphatic carbocycles. The van der Waals surface area contributed by atoms with Crippen molar-refractivity contribution in [2.75, 3.05) is 7.11 Å². The quantitative estimate of drug-likeness (QED) is 0.768. The van der Waals surface area contributed by atoms with E-state index in [4.69, 9.17) is 33.0 Å². The first-order chi connectivity index (χ1) is 11.7. The number of rotatable bonds is 5. The minimum Gasteiger partial charge on any atom is -0.481 e. The Labute approximate surface area is 156 Å². The molecule has 0 saturated heterocycles. The molecule has 0 spiro atoms. The standard InChI is InChI=1S/C19H18Cl2O4/c1-10-4-5-13(9-17(24)25-3)18(19(10)21)14-6-12(8-16(22)23)7-15(20)11(14)2/h4-7H,8-9H2,1-3H3,(H,22,23). The summed E-state index contributed by atoms with van der Waals surface area (Å²) in [5.74, 6) is -1.33. The van der Waals surface area contributed by atoms with E-state index in [-0.39, 0.29) is 18.8 Å². The van der Waals surface area contributed by atoms with Crippen molar-refractivity contribution >= 4 is 35.1 Å². The van der Waals surface area contributed by atoms with Gasteiger partial charge in [-0.05, 0) is 47.7 Å². The Morgan fingerprint density at radius 1 is 1.12 bits per heavy atom. The number of hydrogen-bond donors (Lipinski definition) is 1. The lowest BCUT2D eigenvalue weighted by Crippen LogP contribution is -2.07. The normalized spacial score (nSPS) is 10.6. The zero-order valence-corrected chi connectivity index (χ0v) is 15.7. The summed E-state index contributed by atoms with van der Waals surface area (Å²) in [4.78, 5) is 22.8. The van der Waals surface area contributed by atoms with Gasteiger partial charge in [-0.1, -0.05) is 41.4 Å². The van der Waals surface area contributed by atoms with Gasteiger partial charge in [0.1, 0.15) is 0 Å². The molecule has 0 unspecified atom stereocenters. The van der Waals surface area contributed by atoms with Gasteiger partial charge in [0.25, 0.3) is 0 Å². The fourth-order valence-electron chi connectivity index (χ4n) is 2.66. The molecule has 0 atom stereocenters. The van der Waals surface area contributed by atoms with Gasteiger partial charge in [-0.15, -0.1) is 0 Å². The Bertz CT molecular complexity index is 844. The number of carboxylic acid groups (broad SMARTS) is 1. The van der Waals surface area contributed by atoms with Gasteiger partial charge >= 0.3 is 11.9 Å². The fraction of sp³-hybridized carbons (Fsp3) is 0.263. The van der Waals surface area contributed by atoms with Crippen molar-refractivity contribution in [3.05, 3.63) is 56.6 Å². The number of carboxylic acids is 1. The molecule has 0 radical (unpaired) electrons. The van der Waals surface area contributed by atoms with E-state index in [0.717, 1.165) is 16.7 Å². The van der Waals surface area contributed by atoms with Gasteiger partial charge in [0.2, 0.25) is 0 Å². The van der Waals surface area contributed by atoms with Crippen LogP contribution in [0, 0.1) is 13.8 Å². The number of halogens is 2. The van der Waals surface area contributed by atoms with Gasteiger partial charge < -0.3 is 9.84 Å². The highest BCUT2D eigenvalue weighted by molar-refractivity contribution is 6.35. The summed E-state index contributed by atoms with van der Waals surface area (Å²) in [6, 6.07) is 7.06. The first-order valence-electron chi connectivity index (χ1n) is 7.60. The van der Waals surface area contributed by atoms with Crippen molar-refractivity contribution < 1.29 is 19.4 Å². The molecule has 0 amide bonds. The van der Waals surface area contributed by atoms with Crippen molar-refractivity contribution in [3.63, 3.8) is 0 Å². The molecule has 0 saturated carbocycles. The molecular formula is C19H18Cl2O4. The predicted molar refractivity (Wildman–Crippen MR) is 98.4 cm³/mol. The van der Waals surface area contributed by atoms with Crippen molar-refractivity contribution in [2.45, 2.75) is 26.7 Å². The molecular weight excluding hydrogens is 363 g/mol. The van der Waals surface area contributed by atoms with Crippen LogP contribution in [-0.4, -0.2) is 24.2 Å². The van der Waals surface area contributed by atoms with Crippen LogP contribution in [-0.2, 0) is 27.2 Å². The average molecular weight is 381 g/mol. The Kier molecular flexibility index (Phi) is 6.09. The predicted octanol–water partition coefficient (Wildman–Crippen LogP) is 4.62. The summed E-state index contributed by atoms with van der Waals surface area (Å²) in [5, 5.41) is 10.0. The molecule has 0 heterocycles. The summed E-state index contributed by atoms with van der Waals surface area (Å²) in [6.07, 6.45) is -0.0885. The molecule has 2 aromatic rings. The third-order valence-electron chi connectivity index (χ3n) is 4.01. The van der Waals surface area contributed by atoms with Gasteiger partial charge in [-0.3, -0.25) is 9.59 Å². The molecule has 4 nitrogen and oxygen atoms in total. The highest BCUT2D eigenvalue weighted by atomic mass is 35.5. The fourth-order valence-corrected chi connectivity index (χ4v) is 3.19. The highest BCUT2D eigenvalue weighted by Gasteiger charge is 2.19. The maximum absolute atomic E-state index is 11.8. The number of methoxy groups -OCH3 is 1. The van der Waals surface area contributed by atoms with Crippen molar-refractivity contribution in [1.29, 1.82) is 0 Å². The van der Waals surface area contributed by atoms with E-state index in [1.54, 1.807) is 12.1 Å². The second kappa shape index (κ2) is 7.89. The Hall–Kier alpha value is -2.04. The smallest absolute Gasteiger partial charge is 0.310 e. The number of hydrogen-bond acceptors (Lipinski definition) is 3. The number of aryl methyl sites for hydroxylation is 1. The second-order valence-corrected chi connectivity index (χ2v) is 6.59. The lowest BCUT2D eigenvalue weighted by Gasteiger charge is -2.17. The highest BCUT2D eigenvalue weighted by Crippen LogP contribution is 2.39. The first-order valence-corrected chi connectivity index (χ1v) is 8.36. The zero-order chi connectivity index (χ0) is 18.7. The zero-order valence-electron chi connectivity index (χ0n) is 14.2. The molecule has 2 aromatic carbocycles. The average Bonchev–Trinajstić information content (AvgIpc) is 2.54. The summed E-state index contributed by atoms with van der Waals surface area (Å²) >= 11 is 12.8. The Balaban J connectivity index is 2.71. The van der Waals surface area contributed by atoms with E-state index < -0.39 is 5.97 Å². The maximum Gasteiger partial charge on any atom is 0.310 e. The third kappa shape index (κ3) is 4.33. The van der Waals surface area contributed by atoms with Gasteiger partial charge in [-0.25, -0.2) is 0 Å². The van der Waals surface area contributed by atoms with Crippen molar-refractivity contribution in [1.82, 2.24) is 0 Å². The van der Waals surface area contributed by atoms with E-state index in [0.29, 0.717) is 26.7 Å². The van der Waals surface area contributed by atoms with Crippen molar-refractivity contribution in [2.24, 2.45) is 0 Å². The van der Waals surface area contributed by atoms with E-state index in [2.05, 4.69) is 0 Å². The second-order valence-electron chi connectivity index (χ2n) is 5.80. The molecule has 0 aliphatic rings. The summed E-state index contributed by atoms with van der Waals surface area (Å²) in [6.45, 7) is 3.70. The van der Waals surface area contributed by atoms with E-state index in [1.807, 2.05) is 26.0 Å². The molecule has 1 N–H and O–H groups in total. The van der Waals surface area contributed by atoms with Gasteiger partial charge in [0.15, 0.2) is 0 Å². The number of esters is 1. The van der Waals surface area contributed by atoms with Crippen molar-refractivity contribution in [3.8, 4) is 11.1 Å². The number of benzene rings is 2. The van der Waals surface area contributed by atoms with Crippen LogP contribution < -0.4 is 0 Å². The number of carbonyl (C=O) groups excluding carboxylic acids is 1. The molecule has 2 rings (SSSR count). The summed E-state index contributed by atoms with van der Waals surface area (Å²) in [7, 11) is 1.33. The Morgan fingerprint density at radius 2 is 1.80 bits per heavy atom. The van der Waals surface area contributed by atoms with E-state index >= 15 is 0 Å². The Morgan fingerprint density at radius 3 is 2.40 bits per heavy atom. The number of aliphatic carboxylic acids is 1. The van der Waals surface area contributed by atoms with Crippen LogP contribution in [0.3, 0.4) is 0 Å². The van der Waals surface area contributed by atoms with Gasteiger partial charge in [0.05, 0.1) is 25.0 Å². The number of ether oxygens (including phenoxy) is 1. The first kappa shape index (κ1) is 19.3. The van der Waals surface area contributed by atoms with Crippen LogP contribution in [0.5, 0.6) is 0 Å². The summed E-state index contributed by atoms with van der Waals surface area (Å²) in [5.41, 5.74) is 4.29. The lowest BCUT2D eigenvalue weighted by atomic mass is 9.91. The topological polar surface area (TPSA) is 63.6 Å². The van der Waals surface area contributed by atoms with Crippen LogP contribution in [0.2, 0.25) is 10.0 Å². The SMILES string of the molecule is COC(=O)Cc1ccc(C)c(Cl)c1-c1cc(CC(=O)O)cc(Cl)c1C. The minimum absolute atomic E-state index is 0.0616. The molecule has 25 heavy (non-hydrogen) atoms. The maximum atomic E-state index is 11.8. The van der Waals surface area contributed by atoms with E-state index in [1.165, 1.54) is 7.11 Å². The lowest BCUT2D eigenvalue weighted by molar-refractivity contribution is -0.140. The van der Waals surface area contributed by atoms with Crippen LogP contribution in [0.25, 0.3) is 11.1 Å². The van der Waals surface area contributed by atoms with Gasteiger partial charge in [0, 0.05) is 10.6 Å². The molecule has 6 heteroatoms. The van der Waals surface area contributed by atoms with E-state index in [9.17, 15) is 9.59 Å². The molecule has 0 aromatic heterocycles. The number of carbonyl (C=O) groups is 2. The summed E-state index contributed by atoms with van der Waals surface area (Å²) < 4.78 is 4.76. The van der Waals surface area contributed by atoms with Crippen LogP contribution in [0.15, 0.2) is 24.3 Å². The van der Waals surface area contributed by atoms with Gasteiger partial charge in [-0.2, -0.15) is 0 Å². The molecule has 0 aliphatic heterocycles. The molecule has 132 valence electrons. The third-order valence-corrected chi connectivity index (χ3v) is 4.89. The van der Waals surface area contributed by atoms with Crippen LogP contribution >= 0.6 is 23.2 Å². The molecule has 0 bridgehead atoms. The molecule has 0 fully saturated rings. The largest absolute Gasteiger partial charge is 0.481 e. The van der Waals surface area contributed by atoms with Crippen LogP contribution in [0.1, 0.15) is 22.3 Å². The van der Waals surface area contributed by atoms with Crippen LogP contribution in [0.4, 0.5) is 0 Å². The monoisotopic (exact) mass is 380 g/mol.